The number of aryl methyl sites for hydroxylation is 1. The van der Waals surface area contributed by atoms with E-state index < -0.39 is 0 Å². The average Bonchev–Trinajstić information content (AvgIpc) is 3.43. The molecule has 1 saturated carbocycles. The van der Waals surface area contributed by atoms with Crippen LogP contribution in [0.25, 0.3) is 11.1 Å². The van der Waals surface area contributed by atoms with Gasteiger partial charge in [0.2, 0.25) is 5.91 Å². The highest BCUT2D eigenvalue weighted by atomic mass is 16.2. The number of hydrogen-bond acceptors (Lipinski definition) is 2. The van der Waals surface area contributed by atoms with E-state index >= 15 is 0 Å². The van der Waals surface area contributed by atoms with Gasteiger partial charge < -0.3 is 10.2 Å². The number of carbonyl (C=O) groups is 2. The van der Waals surface area contributed by atoms with Crippen LogP contribution in [0.1, 0.15) is 35.2 Å². The van der Waals surface area contributed by atoms with Gasteiger partial charge in [0, 0.05) is 37.0 Å². The van der Waals surface area contributed by atoms with Crippen molar-refractivity contribution in [1.29, 1.82) is 0 Å². The maximum Gasteiger partial charge on any atom is 0.251 e. The van der Waals surface area contributed by atoms with E-state index in [9.17, 15) is 9.59 Å². The summed E-state index contributed by atoms with van der Waals surface area (Å²) in [4.78, 5) is 26.6. The Morgan fingerprint density at radius 3 is 2.73 bits per heavy atom. The zero-order chi connectivity index (χ0) is 18.1. The van der Waals surface area contributed by atoms with Crippen LogP contribution in [-0.4, -0.2) is 35.8 Å². The molecule has 2 aliphatic rings. The van der Waals surface area contributed by atoms with Crippen LogP contribution in [0.2, 0.25) is 0 Å². The Kier molecular flexibility index (Phi) is 4.49. The zero-order valence-electron chi connectivity index (χ0n) is 15.1. The van der Waals surface area contributed by atoms with E-state index in [1.807, 2.05) is 41.3 Å². The number of amides is 2. The largest absolute Gasteiger partial charge is 0.352 e. The van der Waals surface area contributed by atoms with Gasteiger partial charge in [-0.2, -0.15) is 0 Å². The van der Waals surface area contributed by atoms with Gasteiger partial charge in [0.05, 0.1) is 0 Å². The van der Waals surface area contributed by atoms with Crippen molar-refractivity contribution < 1.29 is 9.59 Å². The Hall–Kier alpha value is -2.62. The van der Waals surface area contributed by atoms with Crippen molar-refractivity contribution in [2.24, 2.45) is 5.92 Å². The lowest BCUT2D eigenvalue weighted by Crippen LogP contribution is -2.32. The van der Waals surface area contributed by atoms with Gasteiger partial charge in [-0.25, -0.2) is 0 Å². The van der Waals surface area contributed by atoms with Crippen LogP contribution in [0.5, 0.6) is 0 Å². The SMILES string of the molecule is Cc1ccccc1-c1cccc(C(=O)NC[C@@H]2CC(=O)N(C3CC3)C2)c1. The summed E-state index contributed by atoms with van der Waals surface area (Å²) in [6.07, 6.45) is 2.83. The second kappa shape index (κ2) is 6.94. The van der Waals surface area contributed by atoms with E-state index in [0.29, 0.717) is 24.6 Å². The Morgan fingerprint density at radius 2 is 1.96 bits per heavy atom. The van der Waals surface area contributed by atoms with Crippen molar-refractivity contribution in [2.45, 2.75) is 32.2 Å². The van der Waals surface area contributed by atoms with Gasteiger partial charge >= 0.3 is 0 Å². The van der Waals surface area contributed by atoms with Crippen molar-refractivity contribution in [3.63, 3.8) is 0 Å². The van der Waals surface area contributed by atoms with Crippen molar-refractivity contribution in [3.05, 3.63) is 59.7 Å². The van der Waals surface area contributed by atoms with Crippen molar-refractivity contribution >= 4 is 11.8 Å². The fourth-order valence-corrected chi connectivity index (χ4v) is 3.75. The highest BCUT2D eigenvalue weighted by Crippen LogP contribution is 2.32. The van der Waals surface area contributed by atoms with Gasteiger partial charge in [0.1, 0.15) is 0 Å². The topological polar surface area (TPSA) is 49.4 Å². The first kappa shape index (κ1) is 16.8. The van der Waals surface area contributed by atoms with Crippen LogP contribution in [0.15, 0.2) is 48.5 Å². The molecule has 1 atom stereocenters. The zero-order valence-corrected chi connectivity index (χ0v) is 15.1. The highest BCUT2D eigenvalue weighted by molar-refractivity contribution is 5.95. The van der Waals surface area contributed by atoms with Gasteiger partial charge in [-0.3, -0.25) is 9.59 Å². The number of nitrogens with one attached hydrogen (secondary N) is 1. The smallest absolute Gasteiger partial charge is 0.251 e. The maximum atomic E-state index is 12.6. The summed E-state index contributed by atoms with van der Waals surface area (Å²) in [6, 6.07) is 16.4. The molecule has 0 bridgehead atoms. The highest BCUT2D eigenvalue weighted by Gasteiger charge is 2.39. The van der Waals surface area contributed by atoms with Gasteiger partial charge in [0.15, 0.2) is 0 Å². The van der Waals surface area contributed by atoms with E-state index in [-0.39, 0.29) is 17.7 Å². The Labute approximate surface area is 154 Å². The van der Waals surface area contributed by atoms with E-state index in [0.717, 1.165) is 30.5 Å². The molecule has 0 unspecified atom stereocenters. The fraction of sp³-hybridized carbons (Fsp3) is 0.364. The van der Waals surface area contributed by atoms with Crippen molar-refractivity contribution in [1.82, 2.24) is 10.2 Å². The Morgan fingerprint density at radius 1 is 1.15 bits per heavy atom. The second-order valence-corrected chi connectivity index (χ2v) is 7.45. The van der Waals surface area contributed by atoms with Gasteiger partial charge in [-0.1, -0.05) is 36.4 Å². The summed E-state index contributed by atoms with van der Waals surface area (Å²) in [6.45, 7) is 3.42. The third-order valence-corrected chi connectivity index (χ3v) is 5.36. The molecule has 0 radical (unpaired) electrons. The fourth-order valence-electron chi connectivity index (χ4n) is 3.75. The van der Waals surface area contributed by atoms with Gasteiger partial charge in [0.25, 0.3) is 5.91 Å². The molecule has 26 heavy (non-hydrogen) atoms. The number of rotatable bonds is 5. The third-order valence-electron chi connectivity index (χ3n) is 5.36. The van der Waals surface area contributed by atoms with E-state index in [4.69, 9.17) is 0 Å². The molecular formula is C22H24N2O2. The van der Waals surface area contributed by atoms with Gasteiger partial charge in [-0.15, -0.1) is 0 Å². The molecule has 2 amide bonds. The molecule has 0 aromatic heterocycles. The molecule has 0 spiro atoms. The molecule has 1 N–H and O–H groups in total. The minimum absolute atomic E-state index is 0.0715. The molecule has 4 heteroatoms. The number of carbonyl (C=O) groups excluding carboxylic acids is 2. The monoisotopic (exact) mass is 348 g/mol. The summed E-state index contributed by atoms with van der Waals surface area (Å²) in [7, 11) is 0. The lowest BCUT2D eigenvalue weighted by atomic mass is 9.99. The second-order valence-electron chi connectivity index (χ2n) is 7.45. The maximum absolute atomic E-state index is 12.6. The Balaban J connectivity index is 1.40. The predicted octanol–water partition coefficient (Wildman–Crippen LogP) is 3.40. The number of likely N-dealkylation sites (tertiary alicyclic amines) is 1. The third kappa shape index (κ3) is 3.50. The lowest BCUT2D eigenvalue weighted by molar-refractivity contribution is -0.128. The summed E-state index contributed by atoms with van der Waals surface area (Å²) in [5.74, 6) is 0.401. The van der Waals surface area contributed by atoms with E-state index in [1.165, 1.54) is 5.56 Å². The summed E-state index contributed by atoms with van der Waals surface area (Å²) < 4.78 is 0. The predicted molar refractivity (Wildman–Crippen MR) is 102 cm³/mol. The average molecular weight is 348 g/mol. The van der Waals surface area contributed by atoms with Crippen LogP contribution in [0.3, 0.4) is 0 Å². The molecule has 2 aromatic carbocycles. The van der Waals surface area contributed by atoms with Crippen molar-refractivity contribution in [3.8, 4) is 11.1 Å². The van der Waals surface area contributed by atoms with Crippen molar-refractivity contribution in [2.75, 3.05) is 13.1 Å². The van der Waals surface area contributed by atoms with Crippen LogP contribution >= 0.6 is 0 Å². The van der Waals surface area contributed by atoms with Crippen LogP contribution in [0, 0.1) is 12.8 Å². The molecule has 1 heterocycles. The van der Waals surface area contributed by atoms with E-state index in [1.54, 1.807) is 0 Å². The summed E-state index contributed by atoms with van der Waals surface area (Å²) in [5.41, 5.74) is 4.04. The van der Waals surface area contributed by atoms with Crippen LogP contribution in [-0.2, 0) is 4.79 Å². The molecule has 4 rings (SSSR count). The molecule has 134 valence electrons. The molecular weight excluding hydrogens is 324 g/mol. The minimum Gasteiger partial charge on any atom is -0.352 e. The normalized spacial score (nSPS) is 19.7. The molecule has 1 aliphatic carbocycles. The molecule has 1 aliphatic heterocycles. The lowest BCUT2D eigenvalue weighted by Gasteiger charge is -2.16. The molecule has 1 saturated heterocycles. The first-order chi connectivity index (χ1) is 12.6. The Bertz CT molecular complexity index is 842. The quantitative estimate of drug-likeness (QED) is 0.900. The number of nitrogens with zero attached hydrogens (tertiary/aromatic N) is 1. The number of benzene rings is 2. The molecule has 2 aromatic rings. The first-order valence-corrected chi connectivity index (χ1v) is 9.35. The van der Waals surface area contributed by atoms with E-state index in [2.05, 4.69) is 24.4 Å². The first-order valence-electron chi connectivity index (χ1n) is 9.35. The molecule has 2 fully saturated rings. The standard InChI is InChI=1S/C22H24N2O2/c1-15-5-2-3-8-20(15)17-6-4-7-18(12-17)22(26)23-13-16-11-21(25)24(14-16)19-9-10-19/h2-8,12,16,19H,9-11,13-14H2,1H3,(H,23,26)/t16-/m0/s1. The van der Waals surface area contributed by atoms with Crippen LogP contribution in [0.4, 0.5) is 0 Å². The summed E-state index contributed by atoms with van der Waals surface area (Å²) >= 11 is 0. The van der Waals surface area contributed by atoms with Crippen LogP contribution < -0.4 is 5.32 Å². The molecule has 4 nitrogen and oxygen atoms in total. The minimum atomic E-state index is -0.0715. The number of hydrogen-bond donors (Lipinski definition) is 1. The van der Waals surface area contributed by atoms with Gasteiger partial charge in [-0.05, 0) is 48.6 Å². The summed E-state index contributed by atoms with van der Waals surface area (Å²) in [5, 5.41) is 3.02.